The van der Waals surface area contributed by atoms with Crippen molar-refractivity contribution in [3.05, 3.63) is 42.5 Å². The first-order valence-electron chi connectivity index (χ1n) is 9.74. The molecule has 5 nitrogen and oxygen atoms in total. The van der Waals surface area contributed by atoms with Crippen LogP contribution in [0.15, 0.2) is 42.5 Å². The van der Waals surface area contributed by atoms with Crippen molar-refractivity contribution >= 4 is 34.2 Å². The van der Waals surface area contributed by atoms with E-state index >= 15 is 0 Å². The number of benzene rings is 2. The number of carbonyl (C=O) groups is 3. The van der Waals surface area contributed by atoms with Gasteiger partial charge in [-0.2, -0.15) is 0 Å². The summed E-state index contributed by atoms with van der Waals surface area (Å²) in [5.74, 6) is -0.960. The van der Waals surface area contributed by atoms with Crippen molar-refractivity contribution in [2.45, 2.75) is 32.6 Å². The van der Waals surface area contributed by atoms with Crippen LogP contribution >= 0.6 is 0 Å². The number of amides is 3. The van der Waals surface area contributed by atoms with Gasteiger partial charge in [-0.1, -0.05) is 43.2 Å². The highest BCUT2D eigenvalue weighted by molar-refractivity contribution is 6.09. The Bertz CT molecular complexity index is 883. The smallest absolute Gasteiger partial charge is 0.247 e. The molecule has 27 heavy (non-hydrogen) atoms. The van der Waals surface area contributed by atoms with Gasteiger partial charge in [0.05, 0.1) is 11.8 Å². The van der Waals surface area contributed by atoms with Crippen molar-refractivity contribution in [1.82, 2.24) is 4.90 Å². The standard InChI is InChI=1S/C22H24N2O3/c1-2-23(17-12-11-15-7-3-4-8-16(15)13-17)20(25)14-24-21(26)18-9-5-6-10-19(18)22(24)27/h3-4,7-8,11-13,18-19H,2,5-6,9-10,14H2,1H3. The number of carbonyl (C=O) groups excluding carboxylic acids is 3. The molecule has 2 aromatic carbocycles. The molecule has 1 aliphatic carbocycles. The fourth-order valence-corrected chi connectivity index (χ4v) is 4.45. The number of hydrogen-bond acceptors (Lipinski definition) is 3. The Morgan fingerprint density at radius 1 is 1.00 bits per heavy atom. The van der Waals surface area contributed by atoms with Crippen LogP contribution in [-0.2, 0) is 14.4 Å². The van der Waals surface area contributed by atoms with Gasteiger partial charge in [-0.3, -0.25) is 19.3 Å². The molecule has 1 saturated carbocycles. The minimum atomic E-state index is -0.215. The van der Waals surface area contributed by atoms with Crippen molar-refractivity contribution in [3.63, 3.8) is 0 Å². The van der Waals surface area contributed by atoms with E-state index in [9.17, 15) is 14.4 Å². The first kappa shape index (κ1) is 17.7. The molecule has 1 saturated heterocycles. The molecule has 1 heterocycles. The van der Waals surface area contributed by atoms with Gasteiger partial charge in [0.1, 0.15) is 6.54 Å². The lowest BCUT2D eigenvalue weighted by molar-refractivity contribution is -0.143. The highest BCUT2D eigenvalue weighted by Gasteiger charge is 2.48. The van der Waals surface area contributed by atoms with Crippen LogP contribution in [0.3, 0.4) is 0 Å². The number of likely N-dealkylation sites (tertiary alicyclic amines) is 1. The van der Waals surface area contributed by atoms with E-state index in [1.165, 1.54) is 4.90 Å². The van der Waals surface area contributed by atoms with Crippen molar-refractivity contribution in [3.8, 4) is 0 Å². The van der Waals surface area contributed by atoms with Crippen LogP contribution in [0, 0.1) is 11.8 Å². The lowest BCUT2D eigenvalue weighted by atomic mass is 9.81. The minimum absolute atomic E-state index is 0.160. The Balaban J connectivity index is 1.55. The van der Waals surface area contributed by atoms with Crippen LogP contribution < -0.4 is 4.90 Å². The lowest BCUT2D eigenvalue weighted by Crippen LogP contribution is -2.43. The zero-order valence-corrected chi connectivity index (χ0v) is 15.6. The fraction of sp³-hybridized carbons (Fsp3) is 0.409. The quantitative estimate of drug-likeness (QED) is 0.782. The van der Waals surface area contributed by atoms with E-state index in [2.05, 4.69) is 0 Å². The van der Waals surface area contributed by atoms with Gasteiger partial charge in [0, 0.05) is 12.2 Å². The zero-order chi connectivity index (χ0) is 19.0. The van der Waals surface area contributed by atoms with Crippen LogP contribution in [0.2, 0.25) is 0 Å². The van der Waals surface area contributed by atoms with Crippen LogP contribution in [-0.4, -0.2) is 35.7 Å². The van der Waals surface area contributed by atoms with E-state index in [0.717, 1.165) is 42.1 Å². The Hall–Kier alpha value is -2.69. The number of fused-ring (bicyclic) bond motifs is 2. The summed E-state index contributed by atoms with van der Waals surface area (Å²) in [6, 6.07) is 13.9. The fourth-order valence-electron chi connectivity index (χ4n) is 4.45. The maximum absolute atomic E-state index is 12.9. The minimum Gasteiger partial charge on any atom is -0.311 e. The van der Waals surface area contributed by atoms with Gasteiger partial charge in [-0.15, -0.1) is 0 Å². The second-order valence-corrected chi connectivity index (χ2v) is 7.43. The number of imide groups is 1. The first-order valence-corrected chi connectivity index (χ1v) is 9.74. The molecule has 2 unspecified atom stereocenters. The Morgan fingerprint density at radius 2 is 1.63 bits per heavy atom. The first-order chi connectivity index (χ1) is 13.1. The van der Waals surface area contributed by atoms with Crippen LogP contribution in [0.25, 0.3) is 10.8 Å². The predicted octanol–water partition coefficient (Wildman–Crippen LogP) is 3.37. The molecule has 2 aliphatic rings. The summed E-state index contributed by atoms with van der Waals surface area (Å²) >= 11 is 0. The number of likely N-dealkylation sites (N-methyl/N-ethyl adjacent to an activating group) is 1. The van der Waals surface area contributed by atoms with Gasteiger partial charge in [0.2, 0.25) is 17.7 Å². The van der Waals surface area contributed by atoms with Gasteiger partial charge in [0.25, 0.3) is 0 Å². The summed E-state index contributed by atoms with van der Waals surface area (Å²) in [5.41, 5.74) is 0.790. The molecule has 2 aromatic rings. The molecule has 2 atom stereocenters. The molecule has 0 bridgehead atoms. The average Bonchev–Trinajstić information content (AvgIpc) is 2.94. The number of nitrogens with zero attached hydrogens (tertiary/aromatic N) is 2. The maximum Gasteiger partial charge on any atom is 0.247 e. The van der Waals surface area contributed by atoms with Crippen LogP contribution in [0.1, 0.15) is 32.6 Å². The highest BCUT2D eigenvalue weighted by Crippen LogP contribution is 2.38. The van der Waals surface area contributed by atoms with Crippen molar-refractivity contribution in [1.29, 1.82) is 0 Å². The molecule has 0 aromatic heterocycles. The molecule has 4 rings (SSSR count). The van der Waals surface area contributed by atoms with Gasteiger partial charge in [0.15, 0.2) is 0 Å². The Morgan fingerprint density at radius 3 is 2.26 bits per heavy atom. The van der Waals surface area contributed by atoms with Gasteiger partial charge >= 0.3 is 0 Å². The summed E-state index contributed by atoms with van der Waals surface area (Å²) in [6.45, 7) is 2.23. The lowest BCUT2D eigenvalue weighted by Gasteiger charge is -2.24. The summed E-state index contributed by atoms with van der Waals surface area (Å²) in [7, 11) is 0. The molecule has 3 amide bonds. The molecule has 0 N–H and O–H groups in total. The van der Waals surface area contributed by atoms with Crippen molar-refractivity contribution in [2.24, 2.45) is 11.8 Å². The topological polar surface area (TPSA) is 57.7 Å². The monoisotopic (exact) mass is 364 g/mol. The SMILES string of the molecule is CCN(C(=O)CN1C(=O)C2CCCCC2C1=O)c1ccc2ccccc2c1. The van der Waals surface area contributed by atoms with Crippen LogP contribution in [0.5, 0.6) is 0 Å². The molecule has 1 aliphatic heterocycles. The zero-order valence-electron chi connectivity index (χ0n) is 15.6. The third kappa shape index (κ3) is 3.11. The summed E-state index contributed by atoms with van der Waals surface area (Å²) < 4.78 is 0. The molecular weight excluding hydrogens is 340 g/mol. The number of rotatable bonds is 4. The van der Waals surface area contributed by atoms with E-state index in [1.807, 2.05) is 49.4 Å². The normalized spacial score (nSPS) is 22.2. The van der Waals surface area contributed by atoms with Gasteiger partial charge in [-0.25, -0.2) is 0 Å². The largest absolute Gasteiger partial charge is 0.311 e. The third-order valence-electron chi connectivity index (χ3n) is 5.89. The van der Waals surface area contributed by atoms with Gasteiger partial charge < -0.3 is 4.90 Å². The van der Waals surface area contributed by atoms with E-state index in [-0.39, 0.29) is 36.1 Å². The Kier molecular flexibility index (Phi) is 4.68. The van der Waals surface area contributed by atoms with E-state index < -0.39 is 0 Å². The third-order valence-corrected chi connectivity index (χ3v) is 5.89. The van der Waals surface area contributed by atoms with Crippen LogP contribution in [0.4, 0.5) is 5.69 Å². The second-order valence-electron chi connectivity index (χ2n) is 7.43. The molecule has 5 heteroatoms. The number of hydrogen-bond donors (Lipinski definition) is 0. The average molecular weight is 364 g/mol. The van der Waals surface area contributed by atoms with Gasteiger partial charge in [-0.05, 0) is 42.7 Å². The summed E-state index contributed by atoms with van der Waals surface area (Å²) in [4.78, 5) is 41.1. The molecule has 2 fully saturated rings. The summed E-state index contributed by atoms with van der Waals surface area (Å²) in [5, 5.41) is 2.17. The predicted molar refractivity (Wildman–Crippen MR) is 104 cm³/mol. The maximum atomic E-state index is 12.9. The van der Waals surface area contributed by atoms with Crippen molar-refractivity contribution in [2.75, 3.05) is 18.0 Å². The molecule has 0 radical (unpaired) electrons. The number of anilines is 1. The molecule has 0 spiro atoms. The summed E-state index contributed by atoms with van der Waals surface area (Å²) in [6.07, 6.45) is 3.50. The molecular formula is C22H24N2O3. The Labute approximate surface area is 158 Å². The van der Waals surface area contributed by atoms with E-state index in [4.69, 9.17) is 0 Å². The van der Waals surface area contributed by atoms with E-state index in [1.54, 1.807) is 4.90 Å². The molecule has 140 valence electrons. The van der Waals surface area contributed by atoms with Crippen molar-refractivity contribution < 1.29 is 14.4 Å². The van der Waals surface area contributed by atoms with E-state index in [0.29, 0.717) is 6.54 Å². The highest BCUT2D eigenvalue weighted by atomic mass is 16.2. The second kappa shape index (κ2) is 7.14.